The summed E-state index contributed by atoms with van der Waals surface area (Å²) in [5, 5.41) is 2.96. The van der Waals surface area contributed by atoms with E-state index >= 15 is 0 Å². The first kappa shape index (κ1) is 15.6. The van der Waals surface area contributed by atoms with Gasteiger partial charge in [-0.05, 0) is 19.5 Å². The highest BCUT2D eigenvalue weighted by Gasteiger charge is 2.29. The third-order valence-electron chi connectivity index (χ3n) is 1.54. The molecule has 9 heteroatoms. The van der Waals surface area contributed by atoms with E-state index in [0.29, 0.717) is 13.0 Å². The number of alkyl halides is 3. The van der Waals surface area contributed by atoms with E-state index in [0.717, 1.165) is 6.54 Å². The SMILES string of the molecule is CCNCCCNS(=O)(=O)NCC(F)(F)F. The number of rotatable bonds is 8. The summed E-state index contributed by atoms with van der Waals surface area (Å²) in [6.45, 7) is 1.81. The summed E-state index contributed by atoms with van der Waals surface area (Å²) in [6, 6.07) is 0. The normalized spacial score (nSPS) is 13.0. The zero-order valence-electron chi connectivity index (χ0n) is 8.89. The topological polar surface area (TPSA) is 70.2 Å². The first-order valence-corrected chi connectivity index (χ1v) is 6.27. The van der Waals surface area contributed by atoms with Crippen molar-refractivity contribution in [1.29, 1.82) is 0 Å². The van der Waals surface area contributed by atoms with Crippen LogP contribution in [0.1, 0.15) is 13.3 Å². The molecular weight excluding hydrogens is 247 g/mol. The molecule has 0 aromatic rings. The summed E-state index contributed by atoms with van der Waals surface area (Å²) < 4.78 is 60.5. The molecule has 0 fully saturated rings. The molecule has 0 amide bonds. The van der Waals surface area contributed by atoms with Gasteiger partial charge < -0.3 is 5.32 Å². The maximum Gasteiger partial charge on any atom is 0.402 e. The lowest BCUT2D eigenvalue weighted by Crippen LogP contribution is -2.42. The minimum absolute atomic E-state index is 0.0974. The fraction of sp³-hybridized carbons (Fsp3) is 1.00. The summed E-state index contributed by atoms with van der Waals surface area (Å²) >= 11 is 0. The fourth-order valence-corrected chi connectivity index (χ4v) is 1.69. The Morgan fingerprint density at radius 2 is 1.75 bits per heavy atom. The number of hydrogen-bond donors (Lipinski definition) is 3. The number of halogens is 3. The van der Waals surface area contributed by atoms with Crippen molar-refractivity contribution in [1.82, 2.24) is 14.8 Å². The first-order chi connectivity index (χ1) is 7.27. The minimum Gasteiger partial charge on any atom is -0.317 e. The van der Waals surface area contributed by atoms with Crippen molar-refractivity contribution in [2.75, 3.05) is 26.2 Å². The summed E-state index contributed by atoms with van der Waals surface area (Å²) in [6.07, 6.45) is -4.03. The maximum atomic E-state index is 11.7. The van der Waals surface area contributed by atoms with Crippen molar-refractivity contribution in [3.8, 4) is 0 Å². The van der Waals surface area contributed by atoms with Crippen molar-refractivity contribution in [2.45, 2.75) is 19.5 Å². The van der Waals surface area contributed by atoms with Crippen molar-refractivity contribution in [3.63, 3.8) is 0 Å². The predicted octanol–water partition coefficient (Wildman–Crippen LogP) is -0.0277. The molecule has 0 rings (SSSR count). The van der Waals surface area contributed by atoms with Crippen LogP contribution in [0.5, 0.6) is 0 Å². The molecule has 0 aliphatic heterocycles. The molecule has 0 aliphatic rings. The monoisotopic (exact) mass is 263 g/mol. The third kappa shape index (κ3) is 10.1. The molecule has 98 valence electrons. The van der Waals surface area contributed by atoms with Crippen LogP contribution < -0.4 is 14.8 Å². The standard InChI is InChI=1S/C7H16F3N3O2S/c1-2-11-4-3-5-12-16(14,15)13-6-7(8,9)10/h11-13H,2-6H2,1H3. The van der Waals surface area contributed by atoms with E-state index in [9.17, 15) is 21.6 Å². The van der Waals surface area contributed by atoms with E-state index in [4.69, 9.17) is 0 Å². The molecule has 0 spiro atoms. The van der Waals surface area contributed by atoms with E-state index in [1.807, 2.05) is 11.6 Å². The van der Waals surface area contributed by atoms with Gasteiger partial charge in [-0.2, -0.15) is 26.3 Å². The number of nitrogens with one attached hydrogen (secondary N) is 3. The Labute approximate surface area is 93.0 Å². The molecule has 16 heavy (non-hydrogen) atoms. The average molecular weight is 263 g/mol. The van der Waals surface area contributed by atoms with Gasteiger partial charge in [-0.1, -0.05) is 6.92 Å². The molecule has 5 nitrogen and oxygen atoms in total. The molecule has 0 saturated carbocycles. The van der Waals surface area contributed by atoms with Crippen LogP contribution in [0.25, 0.3) is 0 Å². The smallest absolute Gasteiger partial charge is 0.317 e. The molecular formula is C7H16F3N3O2S. The second-order valence-corrected chi connectivity index (χ2v) is 4.63. The average Bonchev–Trinajstić information content (AvgIpc) is 2.14. The van der Waals surface area contributed by atoms with E-state index in [2.05, 4.69) is 5.32 Å². The van der Waals surface area contributed by atoms with Crippen LogP contribution >= 0.6 is 0 Å². The van der Waals surface area contributed by atoms with Gasteiger partial charge in [0.1, 0.15) is 6.54 Å². The second kappa shape index (κ2) is 7.05. The van der Waals surface area contributed by atoms with Crippen LogP contribution in [-0.4, -0.2) is 40.8 Å². The van der Waals surface area contributed by atoms with Gasteiger partial charge in [-0.25, -0.2) is 4.72 Å². The van der Waals surface area contributed by atoms with Crippen molar-refractivity contribution < 1.29 is 21.6 Å². The molecule has 0 aliphatic carbocycles. The molecule has 0 saturated heterocycles. The van der Waals surface area contributed by atoms with Gasteiger partial charge in [0.25, 0.3) is 10.2 Å². The van der Waals surface area contributed by atoms with Crippen LogP contribution in [0.2, 0.25) is 0 Å². The van der Waals surface area contributed by atoms with Crippen molar-refractivity contribution in [3.05, 3.63) is 0 Å². The van der Waals surface area contributed by atoms with Gasteiger partial charge in [-0.15, -0.1) is 0 Å². The van der Waals surface area contributed by atoms with Crippen LogP contribution in [0.15, 0.2) is 0 Å². The molecule has 0 aromatic heterocycles. The molecule has 0 unspecified atom stereocenters. The van der Waals surface area contributed by atoms with E-state index < -0.39 is 22.9 Å². The minimum atomic E-state index is -4.54. The summed E-state index contributed by atoms with van der Waals surface area (Å²) in [5.74, 6) is 0. The van der Waals surface area contributed by atoms with Gasteiger partial charge >= 0.3 is 6.18 Å². The Morgan fingerprint density at radius 1 is 1.12 bits per heavy atom. The Morgan fingerprint density at radius 3 is 2.25 bits per heavy atom. The lowest BCUT2D eigenvalue weighted by molar-refractivity contribution is -0.121. The quantitative estimate of drug-likeness (QED) is 0.539. The molecule has 0 bridgehead atoms. The third-order valence-corrected chi connectivity index (χ3v) is 2.64. The molecule has 3 N–H and O–H groups in total. The van der Waals surface area contributed by atoms with E-state index in [1.165, 1.54) is 4.72 Å². The van der Waals surface area contributed by atoms with E-state index in [1.54, 1.807) is 0 Å². The lowest BCUT2D eigenvalue weighted by atomic mass is 10.4. The zero-order valence-corrected chi connectivity index (χ0v) is 9.71. The summed E-state index contributed by atoms with van der Waals surface area (Å²) in [4.78, 5) is 0. The van der Waals surface area contributed by atoms with Crippen molar-refractivity contribution in [2.24, 2.45) is 0 Å². The largest absolute Gasteiger partial charge is 0.402 e. The van der Waals surface area contributed by atoms with Crippen molar-refractivity contribution >= 4 is 10.2 Å². The van der Waals surface area contributed by atoms with Crippen LogP contribution in [-0.2, 0) is 10.2 Å². The lowest BCUT2D eigenvalue weighted by Gasteiger charge is -2.10. The molecule has 0 atom stereocenters. The van der Waals surface area contributed by atoms with Gasteiger partial charge in [-0.3, -0.25) is 0 Å². The van der Waals surface area contributed by atoms with Crippen LogP contribution in [0.3, 0.4) is 0 Å². The summed E-state index contributed by atoms with van der Waals surface area (Å²) in [7, 11) is -4.05. The van der Waals surface area contributed by atoms with E-state index in [-0.39, 0.29) is 6.54 Å². The van der Waals surface area contributed by atoms with Crippen LogP contribution in [0.4, 0.5) is 13.2 Å². The molecule has 0 aromatic carbocycles. The summed E-state index contributed by atoms with van der Waals surface area (Å²) in [5.41, 5.74) is 0. The molecule has 0 radical (unpaired) electrons. The highest BCUT2D eigenvalue weighted by molar-refractivity contribution is 7.87. The Balaban J connectivity index is 3.71. The zero-order chi connectivity index (χ0) is 12.7. The second-order valence-electron chi connectivity index (χ2n) is 3.04. The Bertz CT molecular complexity index is 279. The predicted molar refractivity (Wildman–Crippen MR) is 54.1 cm³/mol. The maximum absolute atomic E-state index is 11.7. The van der Waals surface area contributed by atoms with Gasteiger partial charge in [0.05, 0.1) is 0 Å². The Kier molecular flexibility index (Phi) is 6.88. The van der Waals surface area contributed by atoms with Gasteiger partial charge in [0.15, 0.2) is 0 Å². The van der Waals surface area contributed by atoms with Gasteiger partial charge in [0, 0.05) is 6.54 Å². The molecule has 0 heterocycles. The highest BCUT2D eigenvalue weighted by Crippen LogP contribution is 2.12. The fourth-order valence-electron chi connectivity index (χ4n) is 0.825. The first-order valence-electron chi connectivity index (χ1n) is 4.78. The van der Waals surface area contributed by atoms with Gasteiger partial charge in [0.2, 0.25) is 0 Å². The Hall–Kier alpha value is -0.380. The number of hydrogen-bond acceptors (Lipinski definition) is 3. The van der Waals surface area contributed by atoms with Crippen LogP contribution in [0, 0.1) is 0 Å². The highest BCUT2D eigenvalue weighted by atomic mass is 32.2.